The number of alkyl halides is 3. The van der Waals surface area contributed by atoms with Crippen LogP contribution in [0.4, 0.5) is 19.0 Å². The molecular formula is C13H17F3N6OS. The highest BCUT2D eigenvalue weighted by molar-refractivity contribution is 8.00. The Labute approximate surface area is 140 Å². The smallest absolute Gasteiger partial charge is 0.310 e. The van der Waals surface area contributed by atoms with Crippen LogP contribution in [0.2, 0.25) is 0 Å². The Balaban J connectivity index is 2.07. The molecule has 1 N–H and O–H groups in total. The molecule has 0 aliphatic rings. The second-order valence-electron chi connectivity index (χ2n) is 5.37. The first-order valence-corrected chi connectivity index (χ1v) is 7.96. The lowest BCUT2D eigenvalue weighted by Crippen LogP contribution is -2.25. The number of anilines is 1. The first-order valence-electron chi connectivity index (χ1n) is 7.09. The summed E-state index contributed by atoms with van der Waals surface area (Å²) in [4.78, 5) is 12.3. The monoisotopic (exact) mass is 362 g/mol. The second-order valence-corrected chi connectivity index (χ2v) is 6.68. The average Bonchev–Trinajstić information content (AvgIpc) is 3.05. The largest absolute Gasteiger partial charge is 0.451 e. The lowest BCUT2D eigenvalue weighted by molar-refractivity contribution is -0.147. The Kier molecular flexibility index (Phi) is 5.21. The zero-order valence-corrected chi connectivity index (χ0v) is 14.3. The predicted octanol–water partition coefficient (Wildman–Crippen LogP) is 2.73. The van der Waals surface area contributed by atoms with Crippen LogP contribution < -0.4 is 5.32 Å². The van der Waals surface area contributed by atoms with Crippen LogP contribution in [0.15, 0.2) is 17.4 Å². The van der Waals surface area contributed by atoms with Gasteiger partial charge in [-0.3, -0.25) is 4.79 Å². The highest BCUT2D eigenvalue weighted by Crippen LogP contribution is 2.31. The SMILES string of the molecule is CC(Sc1nnc(C(F)(F)F)n1C)C(=O)Nc1ccnn1C(C)C. The number of carbonyl (C=O) groups excluding carboxylic acids is 1. The van der Waals surface area contributed by atoms with E-state index in [0.29, 0.717) is 5.82 Å². The maximum absolute atomic E-state index is 12.7. The summed E-state index contributed by atoms with van der Waals surface area (Å²) in [7, 11) is 1.21. The third-order valence-electron chi connectivity index (χ3n) is 3.15. The van der Waals surface area contributed by atoms with Crippen LogP contribution in [0.25, 0.3) is 0 Å². The van der Waals surface area contributed by atoms with E-state index in [-0.39, 0.29) is 17.1 Å². The topological polar surface area (TPSA) is 77.6 Å². The van der Waals surface area contributed by atoms with Crippen molar-refractivity contribution in [1.29, 1.82) is 0 Å². The van der Waals surface area contributed by atoms with Crippen molar-refractivity contribution in [2.75, 3.05) is 5.32 Å². The van der Waals surface area contributed by atoms with Gasteiger partial charge in [0.05, 0.1) is 11.4 Å². The fourth-order valence-corrected chi connectivity index (χ4v) is 2.74. The maximum atomic E-state index is 12.7. The van der Waals surface area contributed by atoms with Gasteiger partial charge in [0.15, 0.2) is 5.16 Å². The van der Waals surface area contributed by atoms with E-state index in [1.54, 1.807) is 23.9 Å². The molecule has 0 fully saturated rings. The van der Waals surface area contributed by atoms with Gasteiger partial charge in [-0.1, -0.05) is 11.8 Å². The molecule has 2 aromatic heterocycles. The predicted molar refractivity (Wildman–Crippen MR) is 82.6 cm³/mol. The maximum Gasteiger partial charge on any atom is 0.451 e. The van der Waals surface area contributed by atoms with Gasteiger partial charge in [0, 0.05) is 19.2 Å². The Morgan fingerprint density at radius 2 is 1.96 bits per heavy atom. The normalized spacial score (nSPS) is 13.3. The number of nitrogens with zero attached hydrogens (tertiary/aromatic N) is 5. The summed E-state index contributed by atoms with van der Waals surface area (Å²) >= 11 is 0.899. The molecule has 0 saturated carbocycles. The van der Waals surface area contributed by atoms with E-state index in [1.165, 1.54) is 7.05 Å². The van der Waals surface area contributed by atoms with E-state index in [0.717, 1.165) is 16.3 Å². The summed E-state index contributed by atoms with van der Waals surface area (Å²) in [5, 5.41) is 12.8. The quantitative estimate of drug-likeness (QED) is 0.828. The number of carbonyl (C=O) groups is 1. The van der Waals surface area contributed by atoms with Crippen LogP contribution >= 0.6 is 11.8 Å². The van der Waals surface area contributed by atoms with E-state index in [2.05, 4.69) is 20.6 Å². The molecule has 0 spiro atoms. The van der Waals surface area contributed by atoms with Crippen LogP contribution in [-0.4, -0.2) is 35.7 Å². The number of rotatable bonds is 5. The van der Waals surface area contributed by atoms with Gasteiger partial charge in [0.1, 0.15) is 5.82 Å². The van der Waals surface area contributed by atoms with Crippen molar-refractivity contribution < 1.29 is 18.0 Å². The second kappa shape index (κ2) is 6.83. The third kappa shape index (κ3) is 3.89. The molecule has 0 aliphatic heterocycles. The summed E-state index contributed by atoms with van der Waals surface area (Å²) in [5.74, 6) is -0.939. The van der Waals surface area contributed by atoms with Crippen molar-refractivity contribution >= 4 is 23.5 Å². The molecule has 1 unspecified atom stereocenters. The number of hydrogen-bond acceptors (Lipinski definition) is 5. The van der Waals surface area contributed by atoms with Crippen LogP contribution in [0, 0.1) is 0 Å². The van der Waals surface area contributed by atoms with Gasteiger partial charge in [0.2, 0.25) is 11.7 Å². The van der Waals surface area contributed by atoms with E-state index in [1.807, 2.05) is 13.8 Å². The minimum Gasteiger partial charge on any atom is -0.310 e. The molecule has 1 amide bonds. The number of thioether (sulfide) groups is 1. The molecule has 0 aromatic carbocycles. The summed E-state index contributed by atoms with van der Waals surface area (Å²) in [5.41, 5.74) is 0. The highest BCUT2D eigenvalue weighted by Gasteiger charge is 2.37. The molecule has 2 rings (SSSR count). The standard InChI is InChI=1S/C13H17F3N6OS/c1-7(2)22-9(5-6-17-22)18-10(23)8(3)24-12-20-19-11(21(12)4)13(14,15)16/h5-8H,1-4H3,(H,18,23). The van der Waals surface area contributed by atoms with Crippen LogP contribution in [0.5, 0.6) is 0 Å². The Hall–Kier alpha value is -2.04. The average molecular weight is 362 g/mol. The van der Waals surface area contributed by atoms with Crippen LogP contribution in [0.1, 0.15) is 32.6 Å². The van der Waals surface area contributed by atoms with Gasteiger partial charge in [-0.05, 0) is 20.8 Å². The van der Waals surface area contributed by atoms with Crippen LogP contribution in [-0.2, 0) is 18.0 Å². The molecule has 0 aliphatic carbocycles. The lowest BCUT2D eigenvalue weighted by atomic mass is 10.4. The first kappa shape index (κ1) is 18.3. The summed E-state index contributed by atoms with van der Waals surface area (Å²) < 4.78 is 40.6. The van der Waals surface area contributed by atoms with E-state index < -0.39 is 17.3 Å². The Morgan fingerprint density at radius 3 is 2.50 bits per heavy atom. The molecule has 0 saturated heterocycles. The molecule has 2 heterocycles. The van der Waals surface area contributed by atoms with Gasteiger partial charge in [-0.25, -0.2) is 4.68 Å². The molecule has 7 nitrogen and oxygen atoms in total. The third-order valence-corrected chi connectivity index (χ3v) is 4.28. The van der Waals surface area contributed by atoms with E-state index in [9.17, 15) is 18.0 Å². The van der Waals surface area contributed by atoms with Crippen molar-refractivity contribution in [2.24, 2.45) is 7.05 Å². The molecular weight excluding hydrogens is 345 g/mol. The molecule has 24 heavy (non-hydrogen) atoms. The van der Waals surface area contributed by atoms with Crippen LogP contribution in [0.3, 0.4) is 0 Å². The summed E-state index contributed by atoms with van der Waals surface area (Å²) in [6.45, 7) is 5.41. The van der Waals surface area contributed by atoms with Gasteiger partial charge < -0.3 is 9.88 Å². The summed E-state index contributed by atoms with van der Waals surface area (Å²) in [6, 6.07) is 1.71. The molecule has 2 aromatic rings. The number of hydrogen-bond donors (Lipinski definition) is 1. The zero-order valence-electron chi connectivity index (χ0n) is 13.5. The molecule has 132 valence electrons. The number of nitrogens with one attached hydrogen (secondary N) is 1. The van der Waals surface area contributed by atoms with Crippen molar-refractivity contribution in [3.8, 4) is 0 Å². The Bertz CT molecular complexity index is 724. The fourth-order valence-electron chi connectivity index (χ4n) is 1.93. The number of halogens is 3. The van der Waals surface area contributed by atoms with Gasteiger partial charge in [-0.15, -0.1) is 10.2 Å². The van der Waals surface area contributed by atoms with E-state index in [4.69, 9.17) is 0 Å². The van der Waals surface area contributed by atoms with Crippen molar-refractivity contribution in [3.05, 3.63) is 18.1 Å². The van der Waals surface area contributed by atoms with E-state index >= 15 is 0 Å². The minimum atomic E-state index is -4.59. The number of amides is 1. The zero-order chi connectivity index (χ0) is 18.1. The van der Waals surface area contributed by atoms with Crippen molar-refractivity contribution in [2.45, 2.75) is 43.4 Å². The fraction of sp³-hybridized carbons (Fsp3) is 0.538. The Morgan fingerprint density at radius 1 is 1.29 bits per heavy atom. The van der Waals surface area contributed by atoms with Crippen molar-refractivity contribution in [1.82, 2.24) is 24.5 Å². The summed E-state index contributed by atoms with van der Waals surface area (Å²) in [6.07, 6.45) is -3.03. The molecule has 0 bridgehead atoms. The van der Waals surface area contributed by atoms with Crippen molar-refractivity contribution in [3.63, 3.8) is 0 Å². The minimum absolute atomic E-state index is 0.0161. The molecule has 1 atom stereocenters. The van der Waals surface area contributed by atoms with Gasteiger partial charge in [0.25, 0.3) is 0 Å². The van der Waals surface area contributed by atoms with Gasteiger partial charge >= 0.3 is 6.18 Å². The van der Waals surface area contributed by atoms with Gasteiger partial charge in [-0.2, -0.15) is 18.3 Å². The highest BCUT2D eigenvalue weighted by atomic mass is 32.2. The number of aromatic nitrogens is 5. The molecule has 0 radical (unpaired) electrons. The first-order chi connectivity index (χ1) is 11.1. The lowest BCUT2D eigenvalue weighted by Gasteiger charge is -2.14. The molecule has 11 heteroatoms.